The van der Waals surface area contributed by atoms with Gasteiger partial charge in [0.2, 0.25) is 11.8 Å². The molecule has 0 unspecified atom stereocenters. The third kappa shape index (κ3) is 6.90. The molecule has 3 aromatic rings. The summed E-state index contributed by atoms with van der Waals surface area (Å²) in [7, 11) is -1.49. The number of nitrogens with one attached hydrogen (secondary N) is 1. The van der Waals surface area contributed by atoms with Crippen LogP contribution in [0.1, 0.15) is 25.0 Å². The molecule has 0 spiro atoms. The fraction of sp³-hybridized carbons (Fsp3) is 0.310. The summed E-state index contributed by atoms with van der Waals surface area (Å²) >= 11 is 0. The molecular formula is C29H34FN3O6S. The topological polar surface area (TPSA) is 105 Å². The Hall–Kier alpha value is -4.12. The largest absolute Gasteiger partial charge is 0.493 e. The molecule has 0 saturated carbocycles. The van der Waals surface area contributed by atoms with Crippen LogP contribution in [0.15, 0.2) is 71.6 Å². The zero-order chi connectivity index (χ0) is 29.4. The minimum absolute atomic E-state index is 0.129. The number of likely N-dealkylation sites (N-methyl/N-ethyl adjacent to an activating group) is 1. The van der Waals surface area contributed by atoms with E-state index < -0.39 is 40.2 Å². The molecule has 0 bridgehead atoms. The number of methoxy groups -OCH3 is 2. The second kappa shape index (κ2) is 13.3. The van der Waals surface area contributed by atoms with Crippen LogP contribution in [0.4, 0.5) is 10.1 Å². The molecule has 1 atom stereocenters. The van der Waals surface area contributed by atoms with Crippen molar-refractivity contribution in [2.24, 2.45) is 0 Å². The van der Waals surface area contributed by atoms with Crippen molar-refractivity contribution in [2.45, 2.75) is 38.3 Å². The molecule has 2 amide bonds. The van der Waals surface area contributed by atoms with Gasteiger partial charge in [-0.25, -0.2) is 12.8 Å². The van der Waals surface area contributed by atoms with E-state index in [9.17, 15) is 22.4 Å². The van der Waals surface area contributed by atoms with Crippen LogP contribution >= 0.6 is 0 Å². The van der Waals surface area contributed by atoms with Crippen LogP contribution in [-0.4, -0.2) is 58.5 Å². The number of carbonyl (C=O) groups excluding carboxylic acids is 2. The van der Waals surface area contributed by atoms with Gasteiger partial charge >= 0.3 is 0 Å². The number of rotatable bonds is 12. The molecule has 40 heavy (non-hydrogen) atoms. The molecule has 0 aliphatic carbocycles. The Labute approximate surface area is 234 Å². The molecule has 9 nitrogen and oxygen atoms in total. The number of anilines is 1. The van der Waals surface area contributed by atoms with Crippen molar-refractivity contribution in [3.05, 3.63) is 83.7 Å². The highest BCUT2D eigenvalue weighted by molar-refractivity contribution is 7.92. The SMILES string of the molecule is CCNC(=O)[C@H](C)N(Cc1ccccc1F)C(=O)CN(c1ccc(C)cc1)S(=O)(=O)c1ccc(OC)c(OC)c1. The molecule has 0 aromatic heterocycles. The predicted octanol–water partition coefficient (Wildman–Crippen LogP) is 3.90. The third-order valence-corrected chi connectivity index (χ3v) is 8.13. The molecule has 0 fully saturated rings. The maximum atomic E-state index is 14.6. The molecule has 0 heterocycles. The van der Waals surface area contributed by atoms with Crippen LogP contribution in [0.3, 0.4) is 0 Å². The summed E-state index contributed by atoms with van der Waals surface area (Å²) < 4.78 is 54.0. The zero-order valence-corrected chi connectivity index (χ0v) is 24.0. The van der Waals surface area contributed by atoms with Crippen molar-refractivity contribution in [3.8, 4) is 11.5 Å². The van der Waals surface area contributed by atoms with Crippen LogP contribution in [0.25, 0.3) is 0 Å². The van der Waals surface area contributed by atoms with Gasteiger partial charge in [-0.15, -0.1) is 0 Å². The highest BCUT2D eigenvalue weighted by Gasteiger charge is 2.33. The van der Waals surface area contributed by atoms with E-state index in [0.29, 0.717) is 12.3 Å². The molecule has 11 heteroatoms. The van der Waals surface area contributed by atoms with Gasteiger partial charge in [0.05, 0.1) is 24.8 Å². The first-order chi connectivity index (χ1) is 19.0. The fourth-order valence-corrected chi connectivity index (χ4v) is 5.49. The lowest BCUT2D eigenvalue weighted by Crippen LogP contribution is -2.51. The number of benzene rings is 3. The van der Waals surface area contributed by atoms with Gasteiger partial charge in [-0.2, -0.15) is 0 Å². The van der Waals surface area contributed by atoms with Crippen LogP contribution in [0.5, 0.6) is 11.5 Å². The molecular weight excluding hydrogens is 537 g/mol. The summed E-state index contributed by atoms with van der Waals surface area (Å²) in [6.07, 6.45) is 0. The second-order valence-electron chi connectivity index (χ2n) is 9.05. The van der Waals surface area contributed by atoms with E-state index in [1.807, 2.05) is 6.92 Å². The first kappa shape index (κ1) is 30.4. The zero-order valence-electron chi connectivity index (χ0n) is 23.2. The first-order valence-electron chi connectivity index (χ1n) is 12.7. The molecule has 214 valence electrons. The number of hydrogen-bond acceptors (Lipinski definition) is 6. The minimum Gasteiger partial charge on any atom is -0.493 e. The van der Waals surface area contributed by atoms with E-state index in [4.69, 9.17) is 9.47 Å². The number of aryl methyl sites for hydroxylation is 1. The molecule has 1 N–H and O–H groups in total. The number of ether oxygens (including phenoxy) is 2. The molecule has 0 aliphatic heterocycles. The predicted molar refractivity (Wildman–Crippen MR) is 150 cm³/mol. The Morgan fingerprint density at radius 3 is 2.23 bits per heavy atom. The van der Waals surface area contributed by atoms with Crippen molar-refractivity contribution >= 4 is 27.5 Å². The average Bonchev–Trinajstić information content (AvgIpc) is 2.95. The Morgan fingerprint density at radius 1 is 0.975 bits per heavy atom. The number of halogens is 1. The smallest absolute Gasteiger partial charge is 0.264 e. The number of nitrogens with zero attached hydrogens (tertiary/aromatic N) is 2. The van der Waals surface area contributed by atoms with Gasteiger partial charge in [0.1, 0.15) is 18.4 Å². The van der Waals surface area contributed by atoms with E-state index in [-0.39, 0.29) is 28.4 Å². The van der Waals surface area contributed by atoms with Gasteiger partial charge in [-0.3, -0.25) is 13.9 Å². The van der Waals surface area contributed by atoms with Gasteiger partial charge in [0, 0.05) is 24.7 Å². The summed E-state index contributed by atoms with van der Waals surface area (Å²) in [4.78, 5) is 27.6. The highest BCUT2D eigenvalue weighted by atomic mass is 32.2. The van der Waals surface area contributed by atoms with Gasteiger partial charge < -0.3 is 19.7 Å². The monoisotopic (exact) mass is 571 g/mol. The maximum absolute atomic E-state index is 14.6. The van der Waals surface area contributed by atoms with Crippen molar-refractivity contribution in [3.63, 3.8) is 0 Å². The van der Waals surface area contributed by atoms with Crippen LogP contribution in [0.2, 0.25) is 0 Å². The first-order valence-corrected chi connectivity index (χ1v) is 14.1. The molecule has 0 radical (unpaired) electrons. The van der Waals surface area contributed by atoms with E-state index >= 15 is 0 Å². The quantitative estimate of drug-likeness (QED) is 0.354. The van der Waals surface area contributed by atoms with Gasteiger partial charge in [-0.05, 0) is 51.1 Å². The summed E-state index contributed by atoms with van der Waals surface area (Å²) in [5, 5.41) is 2.67. The fourth-order valence-electron chi connectivity index (χ4n) is 4.06. The molecule has 3 aromatic carbocycles. The molecule has 3 rings (SSSR count). The lowest BCUT2D eigenvalue weighted by molar-refractivity contribution is -0.139. The van der Waals surface area contributed by atoms with Crippen molar-refractivity contribution < 1.29 is 31.9 Å². The van der Waals surface area contributed by atoms with Gasteiger partial charge in [0.15, 0.2) is 11.5 Å². The number of hydrogen-bond donors (Lipinski definition) is 1. The Morgan fingerprint density at radius 2 is 1.62 bits per heavy atom. The summed E-state index contributed by atoms with van der Waals surface area (Å²) in [6.45, 7) is 4.56. The van der Waals surface area contributed by atoms with E-state index in [0.717, 1.165) is 9.87 Å². The summed E-state index contributed by atoms with van der Waals surface area (Å²) in [5.41, 5.74) is 1.33. The van der Waals surface area contributed by atoms with E-state index in [1.165, 1.54) is 62.4 Å². The van der Waals surface area contributed by atoms with Crippen molar-refractivity contribution in [2.75, 3.05) is 31.6 Å². The molecule has 0 saturated heterocycles. The number of amides is 2. The lowest BCUT2D eigenvalue weighted by atomic mass is 10.1. The van der Waals surface area contributed by atoms with Crippen LogP contribution in [0, 0.1) is 12.7 Å². The Balaban J connectivity index is 2.08. The van der Waals surface area contributed by atoms with Crippen LogP contribution < -0.4 is 19.1 Å². The Bertz CT molecular complexity index is 1450. The van der Waals surface area contributed by atoms with Crippen LogP contribution in [-0.2, 0) is 26.2 Å². The van der Waals surface area contributed by atoms with E-state index in [2.05, 4.69) is 5.32 Å². The van der Waals surface area contributed by atoms with Gasteiger partial charge in [-0.1, -0.05) is 35.9 Å². The normalized spacial score (nSPS) is 11.8. The minimum atomic E-state index is -4.31. The van der Waals surface area contributed by atoms with Gasteiger partial charge in [0.25, 0.3) is 10.0 Å². The maximum Gasteiger partial charge on any atom is 0.264 e. The second-order valence-corrected chi connectivity index (χ2v) is 10.9. The van der Waals surface area contributed by atoms with E-state index in [1.54, 1.807) is 37.3 Å². The average molecular weight is 572 g/mol. The number of sulfonamides is 1. The van der Waals surface area contributed by atoms with Crippen molar-refractivity contribution in [1.29, 1.82) is 0 Å². The lowest BCUT2D eigenvalue weighted by Gasteiger charge is -2.32. The van der Waals surface area contributed by atoms with Crippen molar-refractivity contribution in [1.82, 2.24) is 10.2 Å². The summed E-state index contributed by atoms with van der Waals surface area (Å²) in [6, 6.07) is 15.7. The Kier molecular flexibility index (Phi) is 10.1. The highest BCUT2D eigenvalue weighted by Crippen LogP contribution is 2.32. The number of carbonyl (C=O) groups is 2. The molecule has 0 aliphatic rings. The third-order valence-electron chi connectivity index (χ3n) is 6.36. The standard InChI is InChI=1S/C29H34FN3O6S/c1-6-31-29(35)21(3)32(18-22-9-7-8-10-25(22)30)28(34)19-33(23-13-11-20(2)12-14-23)40(36,37)24-15-16-26(38-4)27(17-24)39-5/h7-17,21H,6,18-19H2,1-5H3,(H,31,35)/t21-/m0/s1. The summed E-state index contributed by atoms with van der Waals surface area (Å²) in [5.74, 6) is -1.14.